The van der Waals surface area contributed by atoms with Crippen molar-refractivity contribution in [2.75, 3.05) is 26.2 Å². The molecular weight excluding hydrogens is 536 g/mol. The summed E-state index contributed by atoms with van der Waals surface area (Å²) in [7, 11) is 0. The lowest BCUT2D eigenvalue weighted by Crippen LogP contribution is -2.55. The molecule has 7 heteroatoms. The fourth-order valence-electron chi connectivity index (χ4n) is 7.05. The Balaban J connectivity index is 1.34. The van der Waals surface area contributed by atoms with Crippen molar-refractivity contribution < 1.29 is 14.3 Å². The van der Waals surface area contributed by atoms with Crippen molar-refractivity contribution in [2.45, 2.75) is 89.6 Å². The number of ether oxygens (including phenoxy) is 1. The molecule has 1 saturated carbocycles. The first-order chi connectivity index (χ1) is 20.8. The predicted octanol–water partition coefficient (Wildman–Crippen LogP) is 6.43. The molecule has 7 nitrogen and oxygen atoms in total. The minimum Gasteiger partial charge on any atom is -0.466 e. The number of nitrogens with one attached hydrogen (secondary N) is 2. The normalized spacial score (nSPS) is 21.9. The van der Waals surface area contributed by atoms with Gasteiger partial charge in [0.15, 0.2) is 0 Å². The average Bonchev–Trinajstić information content (AvgIpc) is 3.02. The number of nitrogens with zero attached hydrogens (tertiary/aromatic N) is 2. The molecule has 1 unspecified atom stereocenters. The minimum absolute atomic E-state index is 0.00946. The largest absolute Gasteiger partial charge is 0.466 e. The molecule has 0 spiro atoms. The number of carbonyl (C=O) groups is 2. The molecule has 2 amide bonds. The minimum atomic E-state index is -1.01. The van der Waals surface area contributed by atoms with Gasteiger partial charge in [-0.05, 0) is 94.3 Å². The van der Waals surface area contributed by atoms with Gasteiger partial charge in [0.25, 0.3) is 0 Å². The zero-order chi connectivity index (χ0) is 30.7. The maximum atomic E-state index is 13.5. The van der Waals surface area contributed by atoms with Crippen molar-refractivity contribution in [3.63, 3.8) is 0 Å². The molecule has 1 heterocycles. The van der Waals surface area contributed by atoms with Crippen LogP contribution < -0.4 is 10.6 Å². The van der Waals surface area contributed by atoms with Gasteiger partial charge in [0.1, 0.15) is 5.41 Å². The third-order valence-electron chi connectivity index (χ3n) is 9.33. The van der Waals surface area contributed by atoms with Crippen LogP contribution in [0.2, 0.25) is 0 Å². The van der Waals surface area contributed by atoms with Crippen LogP contribution in [0.15, 0.2) is 60.7 Å². The summed E-state index contributed by atoms with van der Waals surface area (Å²) in [6, 6.07) is 21.9. The smallest absolute Gasteiger partial charge is 0.315 e. The third kappa shape index (κ3) is 8.60. The fraction of sp³-hybridized carbons (Fsp3) is 0.583. The van der Waals surface area contributed by atoms with E-state index in [1.807, 2.05) is 67.6 Å². The molecule has 1 aliphatic heterocycles. The van der Waals surface area contributed by atoms with E-state index >= 15 is 0 Å². The number of carbonyl (C=O) groups excluding carboxylic acids is 2. The molecular formula is C36H50N4O3. The van der Waals surface area contributed by atoms with E-state index in [4.69, 9.17) is 4.74 Å². The van der Waals surface area contributed by atoms with Crippen LogP contribution in [0.4, 0.5) is 4.79 Å². The maximum absolute atomic E-state index is 13.5. The monoisotopic (exact) mass is 586 g/mol. The van der Waals surface area contributed by atoms with Crippen LogP contribution in [0, 0.1) is 29.1 Å². The second kappa shape index (κ2) is 15.9. The number of urea groups is 1. The fourth-order valence-corrected chi connectivity index (χ4v) is 7.05. The van der Waals surface area contributed by atoms with Gasteiger partial charge in [-0.2, -0.15) is 5.26 Å². The number of amides is 2. The molecule has 43 heavy (non-hydrogen) atoms. The predicted molar refractivity (Wildman–Crippen MR) is 170 cm³/mol. The molecule has 0 bridgehead atoms. The van der Waals surface area contributed by atoms with E-state index in [2.05, 4.69) is 35.5 Å². The molecule has 0 aromatic heterocycles. The summed E-state index contributed by atoms with van der Waals surface area (Å²) in [6.07, 6.45) is 7.87. The summed E-state index contributed by atoms with van der Waals surface area (Å²) in [5, 5.41) is 17.3. The molecule has 2 N–H and O–H groups in total. The average molecular weight is 587 g/mol. The molecule has 2 aromatic carbocycles. The Morgan fingerprint density at radius 3 is 2.19 bits per heavy atom. The number of hydrogen-bond acceptors (Lipinski definition) is 5. The highest BCUT2D eigenvalue weighted by Gasteiger charge is 2.44. The molecule has 1 aliphatic carbocycles. The Hall–Kier alpha value is -3.37. The highest BCUT2D eigenvalue weighted by Crippen LogP contribution is 2.38. The Kier molecular flexibility index (Phi) is 12.0. The zero-order valence-corrected chi connectivity index (χ0v) is 26.3. The van der Waals surface area contributed by atoms with Gasteiger partial charge < -0.3 is 20.3 Å². The summed E-state index contributed by atoms with van der Waals surface area (Å²) in [6.45, 7) is 9.46. The first-order valence-electron chi connectivity index (χ1n) is 16.3. The van der Waals surface area contributed by atoms with Crippen molar-refractivity contribution in [1.29, 1.82) is 5.26 Å². The quantitative estimate of drug-likeness (QED) is 0.279. The van der Waals surface area contributed by atoms with Gasteiger partial charge in [-0.25, -0.2) is 4.79 Å². The summed E-state index contributed by atoms with van der Waals surface area (Å²) < 4.78 is 5.26. The topological polar surface area (TPSA) is 94.5 Å². The second-order valence-corrected chi connectivity index (χ2v) is 12.8. The van der Waals surface area contributed by atoms with E-state index < -0.39 is 11.5 Å². The number of likely N-dealkylation sites (tertiary alicyclic amines) is 1. The van der Waals surface area contributed by atoms with E-state index in [1.165, 1.54) is 0 Å². The van der Waals surface area contributed by atoms with E-state index in [-0.39, 0.29) is 29.9 Å². The van der Waals surface area contributed by atoms with Gasteiger partial charge in [0, 0.05) is 12.6 Å². The van der Waals surface area contributed by atoms with E-state index in [1.54, 1.807) is 0 Å². The van der Waals surface area contributed by atoms with E-state index in [9.17, 15) is 14.9 Å². The molecule has 2 aliphatic rings. The Labute approximate surface area is 258 Å². The summed E-state index contributed by atoms with van der Waals surface area (Å²) >= 11 is 0. The van der Waals surface area contributed by atoms with Gasteiger partial charge in [0.2, 0.25) is 0 Å². The zero-order valence-electron chi connectivity index (χ0n) is 26.3. The third-order valence-corrected chi connectivity index (χ3v) is 9.33. The second-order valence-electron chi connectivity index (χ2n) is 12.8. The Bertz CT molecular complexity index is 1150. The number of hydrogen-bond donors (Lipinski definition) is 2. The molecule has 4 rings (SSSR count). The van der Waals surface area contributed by atoms with Gasteiger partial charge >= 0.3 is 12.0 Å². The van der Waals surface area contributed by atoms with Gasteiger partial charge in [-0.1, -0.05) is 74.5 Å². The first-order valence-corrected chi connectivity index (χ1v) is 16.3. The van der Waals surface area contributed by atoms with Crippen molar-refractivity contribution >= 4 is 12.0 Å². The lowest BCUT2D eigenvalue weighted by Gasteiger charge is -2.38. The van der Waals surface area contributed by atoms with Crippen LogP contribution >= 0.6 is 0 Å². The highest BCUT2D eigenvalue weighted by molar-refractivity contribution is 5.75. The lowest BCUT2D eigenvalue weighted by atomic mass is 9.68. The van der Waals surface area contributed by atoms with Crippen LogP contribution in [0.25, 0.3) is 0 Å². The van der Waals surface area contributed by atoms with Crippen molar-refractivity contribution in [3.05, 3.63) is 71.8 Å². The van der Waals surface area contributed by atoms with Crippen LogP contribution in [-0.4, -0.2) is 55.2 Å². The molecule has 2 atom stereocenters. The summed E-state index contributed by atoms with van der Waals surface area (Å²) in [5.41, 5.74) is 0.762. The van der Waals surface area contributed by atoms with E-state index in [0.717, 1.165) is 75.7 Å². The molecule has 2 fully saturated rings. The molecule has 1 saturated heterocycles. The van der Waals surface area contributed by atoms with Crippen LogP contribution in [0.1, 0.15) is 83.3 Å². The van der Waals surface area contributed by atoms with Crippen LogP contribution in [-0.2, 0) is 14.9 Å². The van der Waals surface area contributed by atoms with Gasteiger partial charge in [-0.15, -0.1) is 0 Å². The Morgan fingerprint density at radius 1 is 1.00 bits per heavy atom. The Morgan fingerprint density at radius 2 is 1.63 bits per heavy atom. The van der Waals surface area contributed by atoms with Crippen molar-refractivity contribution in [3.8, 4) is 6.07 Å². The first kappa shape index (κ1) is 32.5. The standard InChI is InChI=1S/C36H50N4O3/c1-4-43-34(41)29-12-11-22-40(25-29)23-21-28-17-19-32(20-18-28)38-35(42)39-33(24-27(2)3)36(26-37,30-13-7-5-8-14-30)31-15-9-6-10-16-31/h5-10,13-16,27-29,32-33H,4,11-12,17-25H2,1-3H3,(H2,38,39,42)/t28?,29?,32?,33-/m0/s1. The number of nitriles is 1. The van der Waals surface area contributed by atoms with E-state index in [0.29, 0.717) is 18.9 Å². The number of esters is 1. The molecule has 2 aromatic rings. The molecule has 232 valence electrons. The number of piperidine rings is 1. The number of benzene rings is 2. The van der Waals surface area contributed by atoms with Crippen LogP contribution in [0.5, 0.6) is 0 Å². The molecule has 0 radical (unpaired) electrons. The summed E-state index contributed by atoms with van der Waals surface area (Å²) in [5.74, 6) is 0.885. The van der Waals surface area contributed by atoms with Crippen LogP contribution in [0.3, 0.4) is 0 Å². The summed E-state index contributed by atoms with van der Waals surface area (Å²) in [4.78, 5) is 28.1. The van der Waals surface area contributed by atoms with Gasteiger partial charge in [0.05, 0.1) is 24.6 Å². The van der Waals surface area contributed by atoms with Crippen molar-refractivity contribution in [2.24, 2.45) is 17.8 Å². The van der Waals surface area contributed by atoms with Crippen molar-refractivity contribution in [1.82, 2.24) is 15.5 Å². The maximum Gasteiger partial charge on any atom is 0.315 e. The lowest BCUT2D eigenvalue weighted by molar-refractivity contribution is -0.149. The SMILES string of the molecule is CCOC(=O)C1CCCN(CCC2CCC(NC(=O)N[C@@H](CC(C)C)C(C#N)(c3ccccc3)c3ccccc3)CC2)C1. The highest BCUT2D eigenvalue weighted by atomic mass is 16.5. The van der Waals surface area contributed by atoms with Gasteiger partial charge in [-0.3, -0.25) is 4.79 Å². The number of rotatable bonds is 12.